The second-order valence-electron chi connectivity index (χ2n) is 3.69. The molecular formula is C12H10ClN5. The van der Waals surface area contributed by atoms with Crippen molar-refractivity contribution in [3.8, 4) is 6.07 Å². The third-order valence-electron chi connectivity index (χ3n) is 2.46. The molecule has 6 heteroatoms. The molecule has 90 valence electrons. The Kier molecular flexibility index (Phi) is 3.31. The van der Waals surface area contributed by atoms with Gasteiger partial charge in [0.2, 0.25) is 0 Å². The van der Waals surface area contributed by atoms with Crippen molar-refractivity contribution in [2.75, 3.05) is 11.1 Å². The van der Waals surface area contributed by atoms with Gasteiger partial charge in [-0.3, -0.25) is 0 Å². The Morgan fingerprint density at radius 3 is 2.89 bits per heavy atom. The fraction of sp³-hybridized carbons (Fsp3) is 0.0833. The Morgan fingerprint density at radius 1 is 1.39 bits per heavy atom. The molecule has 1 aromatic carbocycles. The van der Waals surface area contributed by atoms with Gasteiger partial charge in [0.1, 0.15) is 12.0 Å². The van der Waals surface area contributed by atoms with Gasteiger partial charge in [0, 0.05) is 5.69 Å². The maximum absolute atomic E-state index is 8.87. The summed E-state index contributed by atoms with van der Waals surface area (Å²) in [6, 6.07) is 7.40. The molecule has 0 aliphatic carbocycles. The van der Waals surface area contributed by atoms with Crippen molar-refractivity contribution >= 4 is 28.8 Å². The van der Waals surface area contributed by atoms with E-state index in [9.17, 15) is 0 Å². The highest BCUT2D eigenvalue weighted by molar-refractivity contribution is 6.32. The molecule has 0 spiro atoms. The van der Waals surface area contributed by atoms with Crippen molar-refractivity contribution in [3.05, 3.63) is 40.8 Å². The van der Waals surface area contributed by atoms with E-state index in [4.69, 9.17) is 22.6 Å². The number of hydrogen-bond acceptors (Lipinski definition) is 5. The van der Waals surface area contributed by atoms with Gasteiger partial charge < -0.3 is 11.1 Å². The highest BCUT2D eigenvalue weighted by Gasteiger charge is 2.08. The van der Waals surface area contributed by atoms with Gasteiger partial charge in [0.15, 0.2) is 11.0 Å². The van der Waals surface area contributed by atoms with Gasteiger partial charge in [-0.1, -0.05) is 17.7 Å². The molecule has 0 amide bonds. The van der Waals surface area contributed by atoms with Crippen LogP contribution >= 0.6 is 11.6 Å². The lowest BCUT2D eigenvalue weighted by atomic mass is 10.1. The average molecular weight is 260 g/mol. The molecule has 3 N–H and O–H groups in total. The molecule has 0 saturated heterocycles. The largest absolute Gasteiger partial charge is 0.393 e. The molecule has 5 nitrogen and oxygen atoms in total. The van der Waals surface area contributed by atoms with Crippen molar-refractivity contribution < 1.29 is 0 Å². The SMILES string of the molecule is Cc1ccc(C#N)cc1Nc1ncnc(Cl)c1N. The molecule has 0 bridgehead atoms. The first-order valence-corrected chi connectivity index (χ1v) is 5.53. The molecule has 2 rings (SSSR count). The summed E-state index contributed by atoms with van der Waals surface area (Å²) in [7, 11) is 0. The molecular weight excluding hydrogens is 250 g/mol. The Balaban J connectivity index is 2.40. The molecule has 2 aromatic rings. The van der Waals surface area contributed by atoms with Crippen LogP contribution in [0.15, 0.2) is 24.5 Å². The van der Waals surface area contributed by atoms with Crippen molar-refractivity contribution in [2.45, 2.75) is 6.92 Å². The zero-order chi connectivity index (χ0) is 13.1. The number of nitrogens with one attached hydrogen (secondary N) is 1. The normalized spacial score (nSPS) is 9.83. The molecule has 18 heavy (non-hydrogen) atoms. The van der Waals surface area contributed by atoms with Gasteiger partial charge in [-0.2, -0.15) is 5.26 Å². The standard InChI is InChI=1S/C12H10ClN5/c1-7-2-3-8(5-14)4-9(7)18-12-10(15)11(13)16-6-17-12/h2-4,6H,15H2,1H3,(H,16,17,18). The summed E-state index contributed by atoms with van der Waals surface area (Å²) >= 11 is 5.81. The van der Waals surface area contributed by atoms with E-state index in [0.717, 1.165) is 11.3 Å². The van der Waals surface area contributed by atoms with Crippen LogP contribution in [-0.2, 0) is 0 Å². The van der Waals surface area contributed by atoms with Crippen LogP contribution in [0.4, 0.5) is 17.2 Å². The molecule has 0 saturated carbocycles. The van der Waals surface area contributed by atoms with Gasteiger partial charge in [0.05, 0.1) is 11.6 Å². The average Bonchev–Trinajstić information content (AvgIpc) is 2.37. The first kappa shape index (κ1) is 12.1. The topological polar surface area (TPSA) is 87.6 Å². The smallest absolute Gasteiger partial charge is 0.158 e. The van der Waals surface area contributed by atoms with Gasteiger partial charge in [-0.05, 0) is 24.6 Å². The lowest BCUT2D eigenvalue weighted by Gasteiger charge is -2.11. The monoisotopic (exact) mass is 259 g/mol. The number of anilines is 3. The number of hydrogen-bond donors (Lipinski definition) is 2. The number of nitriles is 1. The Hall–Kier alpha value is -2.32. The van der Waals surface area contributed by atoms with E-state index in [1.54, 1.807) is 12.1 Å². The van der Waals surface area contributed by atoms with E-state index in [1.165, 1.54) is 6.33 Å². The third kappa shape index (κ3) is 2.34. The van der Waals surface area contributed by atoms with Crippen molar-refractivity contribution in [2.24, 2.45) is 0 Å². The number of nitrogens with zero attached hydrogens (tertiary/aromatic N) is 3. The summed E-state index contributed by atoms with van der Waals surface area (Å²) in [5.41, 5.74) is 8.34. The van der Waals surface area contributed by atoms with Gasteiger partial charge in [0.25, 0.3) is 0 Å². The fourth-order valence-corrected chi connectivity index (χ4v) is 1.56. The quantitative estimate of drug-likeness (QED) is 0.810. The predicted octanol–water partition coefficient (Wildman–Crippen LogP) is 2.64. The van der Waals surface area contributed by atoms with Crippen molar-refractivity contribution in [1.82, 2.24) is 9.97 Å². The predicted molar refractivity (Wildman–Crippen MR) is 70.6 cm³/mol. The van der Waals surface area contributed by atoms with Crippen LogP contribution in [0.5, 0.6) is 0 Å². The number of benzene rings is 1. The minimum absolute atomic E-state index is 0.196. The van der Waals surface area contributed by atoms with Crippen LogP contribution < -0.4 is 11.1 Å². The molecule has 0 fully saturated rings. The highest BCUT2D eigenvalue weighted by Crippen LogP contribution is 2.27. The second kappa shape index (κ2) is 4.90. The summed E-state index contributed by atoms with van der Waals surface area (Å²) in [6.07, 6.45) is 1.32. The summed E-state index contributed by atoms with van der Waals surface area (Å²) in [6.45, 7) is 1.92. The molecule has 0 aliphatic heterocycles. The van der Waals surface area contributed by atoms with E-state index < -0.39 is 0 Å². The third-order valence-corrected chi connectivity index (χ3v) is 2.76. The van der Waals surface area contributed by atoms with Gasteiger partial charge in [-0.15, -0.1) is 0 Å². The first-order valence-electron chi connectivity index (χ1n) is 5.15. The van der Waals surface area contributed by atoms with E-state index in [2.05, 4.69) is 21.4 Å². The second-order valence-corrected chi connectivity index (χ2v) is 4.05. The van der Waals surface area contributed by atoms with Gasteiger partial charge in [-0.25, -0.2) is 9.97 Å². The summed E-state index contributed by atoms with van der Waals surface area (Å²) in [5.74, 6) is 0.424. The maximum atomic E-state index is 8.87. The maximum Gasteiger partial charge on any atom is 0.158 e. The van der Waals surface area contributed by atoms with Crippen LogP contribution in [-0.4, -0.2) is 9.97 Å². The summed E-state index contributed by atoms with van der Waals surface area (Å²) in [5, 5.41) is 12.1. The van der Waals surface area contributed by atoms with Gasteiger partial charge >= 0.3 is 0 Å². The van der Waals surface area contributed by atoms with Crippen molar-refractivity contribution in [1.29, 1.82) is 5.26 Å². The Morgan fingerprint density at radius 2 is 2.17 bits per heavy atom. The number of aromatic nitrogens is 2. The zero-order valence-electron chi connectivity index (χ0n) is 9.61. The number of halogens is 1. The Bertz CT molecular complexity index is 633. The summed E-state index contributed by atoms with van der Waals surface area (Å²) < 4.78 is 0. The van der Waals surface area contributed by atoms with Crippen molar-refractivity contribution in [3.63, 3.8) is 0 Å². The summed E-state index contributed by atoms with van der Waals surface area (Å²) in [4.78, 5) is 7.79. The lowest BCUT2D eigenvalue weighted by Crippen LogP contribution is -2.02. The molecule has 1 aromatic heterocycles. The van der Waals surface area contributed by atoms with Crippen LogP contribution in [0.25, 0.3) is 0 Å². The molecule has 1 heterocycles. The number of rotatable bonds is 2. The molecule has 0 atom stereocenters. The van der Waals surface area contributed by atoms with E-state index in [1.807, 2.05) is 13.0 Å². The van der Waals surface area contributed by atoms with Crippen LogP contribution in [0.1, 0.15) is 11.1 Å². The highest BCUT2D eigenvalue weighted by atomic mass is 35.5. The first-order chi connectivity index (χ1) is 8.61. The van der Waals surface area contributed by atoms with E-state index in [0.29, 0.717) is 11.4 Å². The van der Waals surface area contributed by atoms with E-state index in [-0.39, 0.29) is 10.8 Å². The Labute approximate surface area is 109 Å². The number of nitrogens with two attached hydrogens (primary N) is 1. The molecule has 0 aliphatic rings. The molecule has 0 radical (unpaired) electrons. The number of nitrogen functional groups attached to an aromatic ring is 1. The van der Waals surface area contributed by atoms with Crippen LogP contribution in [0, 0.1) is 18.3 Å². The lowest BCUT2D eigenvalue weighted by molar-refractivity contribution is 1.17. The minimum Gasteiger partial charge on any atom is -0.393 e. The zero-order valence-corrected chi connectivity index (χ0v) is 10.4. The fourth-order valence-electron chi connectivity index (χ4n) is 1.43. The molecule has 0 unspecified atom stereocenters. The van der Waals surface area contributed by atoms with Crippen LogP contribution in [0.3, 0.4) is 0 Å². The van der Waals surface area contributed by atoms with Crippen LogP contribution in [0.2, 0.25) is 5.15 Å². The van der Waals surface area contributed by atoms with E-state index >= 15 is 0 Å². The number of aryl methyl sites for hydroxylation is 1. The minimum atomic E-state index is 0.196.